The standard InChI is InChI=1S/C15H21NO4.C11H15NO3.C9H15NO3/c1-5-6-9-20-15(18)12-7-8-14(19-4)13(10-12)16(3)11(2)17;1-4-8(2)10-7-9(12(13)14)5-6-11(10)15-3;1-7(11)10-6-4-3-5-8(10)9(12)13-2/h7-8,10H,5-6,9H2,1-4H3;5-8H,4H2,1-3H3;8H,3-6H2,1-2H3. The van der Waals surface area contributed by atoms with Crippen LogP contribution in [0.15, 0.2) is 36.4 Å². The van der Waals surface area contributed by atoms with Crippen molar-refractivity contribution in [1.29, 1.82) is 0 Å². The fraction of sp³-hybridized carbons (Fsp3) is 0.543. The SMILES string of the molecule is CCC(C)c1cc([N+](=O)[O-])ccc1OC.CCCCOC(=O)c1ccc(OC)c(N(C)C(C)=O)c1.COC(=O)C1CCCCN1C(C)=O. The van der Waals surface area contributed by atoms with Crippen LogP contribution in [-0.2, 0) is 23.9 Å². The van der Waals surface area contributed by atoms with Gasteiger partial charge >= 0.3 is 11.9 Å². The largest absolute Gasteiger partial charge is 0.496 e. The lowest BCUT2D eigenvalue weighted by atomic mass is 9.97. The number of hydrogen-bond donors (Lipinski definition) is 0. The lowest BCUT2D eigenvalue weighted by molar-refractivity contribution is -0.385. The zero-order valence-corrected chi connectivity index (χ0v) is 29.7. The Morgan fingerprint density at radius 2 is 1.65 bits per heavy atom. The van der Waals surface area contributed by atoms with Crippen molar-refractivity contribution in [2.75, 3.05) is 46.4 Å². The average Bonchev–Trinajstić information content (AvgIpc) is 3.10. The van der Waals surface area contributed by atoms with Gasteiger partial charge in [-0.15, -0.1) is 0 Å². The van der Waals surface area contributed by atoms with Gasteiger partial charge in [-0.3, -0.25) is 19.7 Å². The van der Waals surface area contributed by atoms with Crippen LogP contribution >= 0.6 is 0 Å². The third kappa shape index (κ3) is 12.5. The van der Waals surface area contributed by atoms with E-state index < -0.39 is 0 Å². The molecule has 3 rings (SSSR count). The summed E-state index contributed by atoms with van der Waals surface area (Å²) in [7, 11) is 6.08. The number of non-ortho nitro benzene ring substituents is 1. The van der Waals surface area contributed by atoms with E-state index in [0.29, 0.717) is 30.2 Å². The Bertz CT molecular complexity index is 1380. The van der Waals surface area contributed by atoms with E-state index in [4.69, 9.17) is 14.2 Å². The third-order valence-corrected chi connectivity index (χ3v) is 7.93. The van der Waals surface area contributed by atoms with Gasteiger partial charge in [-0.2, -0.15) is 0 Å². The molecule has 2 unspecified atom stereocenters. The van der Waals surface area contributed by atoms with Gasteiger partial charge in [0, 0.05) is 45.1 Å². The van der Waals surface area contributed by atoms with Gasteiger partial charge < -0.3 is 28.7 Å². The predicted molar refractivity (Wildman–Crippen MR) is 183 cm³/mol. The second kappa shape index (κ2) is 21.2. The van der Waals surface area contributed by atoms with Gasteiger partial charge in [-0.25, -0.2) is 9.59 Å². The first-order valence-corrected chi connectivity index (χ1v) is 16.0. The van der Waals surface area contributed by atoms with Crippen LogP contribution in [0.1, 0.15) is 95.0 Å². The Balaban J connectivity index is 0.000000370. The fourth-order valence-corrected chi connectivity index (χ4v) is 4.77. The molecule has 48 heavy (non-hydrogen) atoms. The van der Waals surface area contributed by atoms with E-state index in [1.165, 1.54) is 39.0 Å². The smallest absolute Gasteiger partial charge is 0.338 e. The molecule has 2 atom stereocenters. The normalized spacial score (nSPS) is 14.1. The highest BCUT2D eigenvalue weighted by atomic mass is 16.6. The van der Waals surface area contributed by atoms with E-state index in [2.05, 4.69) is 4.74 Å². The lowest BCUT2D eigenvalue weighted by Crippen LogP contribution is -2.47. The van der Waals surface area contributed by atoms with Crippen molar-refractivity contribution in [1.82, 2.24) is 4.90 Å². The van der Waals surface area contributed by atoms with Crippen molar-refractivity contribution in [3.63, 3.8) is 0 Å². The van der Waals surface area contributed by atoms with Gasteiger partial charge in [-0.1, -0.05) is 27.2 Å². The number of nitro groups is 1. The number of nitro benzene ring substituents is 1. The zero-order chi connectivity index (χ0) is 36.4. The molecule has 0 saturated carbocycles. The van der Waals surface area contributed by atoms with E-state index in [0.717, 1.165) is 49.8 Å². The zero-order valence-electron chi connectivity index (χ0n) is 29.7. The minimum absolute atomic E-state index is 0.0462. The number of carbonyl (C=O) groups excluding carboxylic acids is 4. The van der Waals surface area contributed by atoms with Gasteiger partial charge in [0.1, 0.15) is 17.5 Å². The van der Waals surface area contributed by atoms with Crippen LogP contribution in [0.25, 0.3) is 0 Å². The summed E-state index contributed by atoms with van der Waals surface area (Å²) in [6, 6.07) is 9.25. The molecule has 2 aromatic carbocycles. The Hall–Kier alpha value is -4.68. The third-order valence-electron chi connectivity index (χ3n) is 7.93. The van der Waals surface area contributed by atoms with Crippen LogP contribution in [0.4, 0.5) is 11.4 Å². The Morgan fingerprint density at radius 3 is 2.17 bits per heavy atom. The van der Waals surface area contributed by atoms with E-state index in [-0.39, 0.29) is 46.3 Å². The van der Waals surface area contributed by atoms with Gasteiger partial charge in [-0.05, 0) is 62.3 Å². The highest BCUT2D eigenvalue weighted by Gasteiger charge is 2.30. The number of rotatable bonds is 11. The maximum absolute atomic E-state index is 11.9. The van der Waals surface area contributed by atoms with Crippen LogP contribution in [-0.4, -0.2) is 81.1 Å². The number of ether oxygens (including phenoxy) is 4. The summed E-state index contributed by atoms with van der Waals surface area (Å²) in [6.45, 7) is 10.1. The van der Waals surface area contributed by atoms with Gasteiger partial charge in [0.15, 0.2) is 0 Å². The molecule has 266 valence electrons. The van der Waals surface area contributed by atoms with Crippen molar-refractivity contribution in [2.24, 2.45) is 0 Å². The molecule has 1 fully saturated rings. The van der Waals surface area contributed by atoms with Crippen molar-refractivity contribution in [2.45, 2.75) is 85.1 Å². The first-order valence-electron chi connectivity index (χ1n) is 16.0. The fourth-order valence-electron chi connectivity index (χ4n) is 4.77. The number of esters is 2. The molecule has 13 nitrogen and oxygen atoms in total. The molecule has 1 saturated heterocycles. The summed E-state index contributed by atoms with van der Waals surface area (Å²) < 4.78 is 20.2. The molecule has 0 spiro atoms. The second-order valence-corrected chi connectivity index (χ2v) is 11.2. The number of anilines is 1. The molecule has 13 heteroatoms. The number of benzene rings is 2. The summed E-state index contributed by atoms with van der Waals surface area (Å²) in [4.78, 5) is 59.0. The molecule has 0 radical (unpaired) electrons. The number of hydrogen-bond acceptors (Lipinski definition) is 10. The van der Waals surface area contributed by atoms with E-state index in [9.17, 15) is 29.3 Å². The highest BCUT2D eigenvalue weighted by molar-refractivity contribution is 5.96. The predicted octanol–water partition coefficient (Wildman–Crippen LogP) is 6.31. The number of nitrogens with zero attached hydrogens (tertiary/aromatic N) is 3. The maximum atomic E-state index is 11.9. The monoisotopic (exact) mass is 673 g/mol. The number of carbonyl (C=O) groups is 4. The average molecular weight is 674 g/mol. The molecular formula is C35H51N3O10. The second-order valence-electron chi connectivity index (χ2n) is 11.2. The molecular weight excluding hydrogens is 622 g/mol. The Kier molecular flexibility index (Phi) is 18.3. The minimum Gasteiger partial charge on any atom is -0.496 e. The Labute approximate surface area is 283 Å². The summed E-state index contributed by atoms with van der Waals surface area (Å²) in [5.41, 5.74) is 1.97. The molecule has 2 amide bonds. The summed E-state index contributed by atoms with van der Waals surface area (Å²) >= 11 is 0. The molecule has 0 N–H and O–H groups in total. The van der Waals surface area contributed by atoms with Gasteiger partial charge in [0.05, 0.1) is 44.1 Å². The molecule has 1 aliphatic heterocycles. The molecule has 0 aromatic heterocycles. The molecule has 1 heterocycles. The van der Waals surface area contributed by atoms with E-state index in [1.807, 2.05) is 20.8 Å². The summed E-state index contributed by atoms with van der Waals surface area (Å²) in [5.74, 6) is 0.645. The van der Waals surface area contributed by atoms with Gasteiger partial charge in [0.25, 0.3) is 5.69 Å². The highest BCUT2D eigenvalue weighted by Crippen LogP contribution is 2.32. The van der Waals surface area contributed by atoms with Crippen LogP contribution in [0.3, 0.4) is 0 Å². The molecule has 1 aliphatic rings. The quantitative estimate of drug-likeness (QED) is 0.115. The lowest BCUT2D eigenvalue weighted by Gasteiger charge is -2.32. The summed E-state index contributed by atoms with van der Waals surface area (Å²) in [6.07, 6.45) is 5.43. The van der Waals surface area contributed by atoms with Crippen molar-refractivity contribution < 1.29 is 43.0 Å². The molecule has 0 aliphatic carbocycles. The first-order chi connectivity index (χ1) is 22.8. The van der Waals surface area contributed by atoms with Crippen molar-refractivity contribution in [3.05, 3.63) is 57.6 Å². The van der Waals surface area contributed by atoms with Crippen molar-refractivity contribution >= 4 is 35.1 Å². The molecule has 2 aromatic rings. The van der Waals surface area contributed by atoms with Crippen LogP contribution < -0.4 is 14.4 Å². The topological polar surface area (TPSA) is 155 Å². The number of unbranched alkanes of at least 4 members (excludes halogenated alkanes) is 1. The van der Waals surface area contributed by atoms with Crippen molar-refractivity contribution in [3.8, 4) is 11.5 Å². The van der Waals surface area contributed by atoms with Crippen LogP contribution in [0, 0.1) is 10.1 Å². The van der Waals surface area contributed by atoms with E-state index >= 15 is 0 Å². The van der Waals surface area contributed by atoms with Crippen LogP contribution in [0.5, 0.6) is 11.5 Å². The van der Waals surface area contributed by atoms with Crippen LogP contribution in [0.2, 0.25) is 0 Å². The maximum Gasteiger partial charge on any atom is 0.338 e. The first kappa shape index (κ1) is 41.3. The minimum atomic E-state index is -0.390. The Morgan fingerprint density at radius 1 is 1.00 bits per heavy atom. The number of methoxy groups -OCH3 is 3. The molecule has 0 bridgehead atoms. The number of likely N-dealkylation sites (tertiary alicyclic amines) is 1. The number of piperidine rings is 1. The number of amides is 2. The summed E-state index contributed by atoms with van der Waals surface area (Å²) in [5, 5.41) is 10.6. The van der Waals surface area contributed by atoms with Gasteiger partial charge in [0.2, 0.25) is 11.8 Å². The van der Waals surface area contributed by atoms with E-state index in [1.54, 1.807) is 49.4 Å².